The Hall–Kier alpha value is -5.04. The lowest BCUT2D eigenvalue weighted by Crippen LogP contribution is -2.48. The lowest BCUT2D eigenvalue weighted by molar-refractivity contribution is 0.0717. The van der Waals surface area contributed by atoms with Gasteiger partial charge in [0.05, 0.1) is 0 Å². The summed E-state index contributed by atoms with van der Waals surface area (Å²) in [4.78, 5) is 29.9. The molecule has 1 aromatic heterocycles. The number of amides is 2. The lowest BCUT2D eigenvalue weighted by Gasteiger charge is -2.35. The molecular formula is C33H29N3O4. The fraction of sp³-hybridized carbons (Fsp3) is 0.152. The van der Waals surface area contributed by atoms with Gasteiger partial charge in [-0.3, -0.25) is 9.59 Å². The van der Waals surface area contributed by atoms with Crippen LogP contribution in [0.3, 0.4) is 0 Å². The van der Waals surface area contributed by atoms with Gasteiger partial charge in [0, 0.05) is 48.5 Å². The summed E-state index contributed by atoms with van der Waals surface area (Å²) in [6.07, 6.45) is 0. The number of furan rings is 1. The topological polar surface area (TPSA) is 75.0 Å². The molecule has 0 aliphatic carbocycles. The van der Waals surface area contributed by atoms with Crippen molar-refractivity contribution in [3.05, 3.63) is 126 Å². The van der Waals surface area contributed by atoms with Crippen molar-refractivity contribution in [3.63, 3.8) is 0 Å². The molecule has 1 saturated heterocycles. The highest BCUT2D eigenvalue weighted by atomic mass is 16.5. The molecule has 0 radical (unpaired) electrons. The van der Waals surface area contributed by atoms with Gasteiger partial charge in [-0.2, -0.15) is 0 Å². The molecule has 0 bridgehead atoms. The van der Waals surface area contributed by atoms with Gasteiger partial charge in [0.25, 0.3) is 11.8 Å². The van der Waals surface area contributed by atoms with Crippen molar-refractivity contribution >= 4 is 34.2 Å². The molecule has 0 spiro atoms. The van der Waals surface area contributed by atoms with E-state index in [4.69, 9.17) is 9.15 Å². The fourth-order valence-electron chi connectivity index (χ4n) is 4.84. The maximum Gasteiger partial charge on any atom is 0.289 e. The smallest absolute Gasteiger partial charge is 0.289 e. The standard InChI is InChI=1S/C33H29N3O4/c37-32(26-10-6-11-29(21-26)39-23-24-7-2-1-3-8-24)34-27-13-15-28(16-14-27)35-17-19-36(20-18-35)33(38)31-22-25-9-4-5-12-30(25)40-31/h1-16,21-22H,17-20,23H2,(H,34,37). The Morgan fingerprint density at radius 3 is 2.30 bits per heavy atom. The second-order valence-electron chi connectivity index (χ2n) is 9.73. The first-order valence-electron chi connectivity index (χ1n) is 13.3. The summed E-state index contributed by atoms with van der Waals surface area (Å²) >= 11 is 0. The third-order valence-electron chi connectivity index (χ3n) is 7.04. The van der Waals surface area contributed by atoms with Crippen LogP contribution in [0.4, 0.5) is 11.4 Å². The molecule has 4 aromatic carbocycles. The van der Waals surface area contributed by atoms with E-state index in [0.717, 1.165) is 22.2 Å². The number of rotatable bonds is 7. The van der Waals surface area contributed by atoms with Crippen LogP contribution in [0.25, 0.3) is 11.0 Å². The molecule has 2 heterocycles. The number of fused-ring (bicyclic) bond motifs is 1. The van der Waals surface area contributed by atoms with Crippen LogP contribution in [0.2, 0.25) is 0 Å². The number of nitrogens with zero attached hydrogens (tertiary/aromatic N) is 2. The Morgan fingerprint density at radius 1 is 0.775 bits per heavy atom. The van der Waals surface area contributed by atoms with E-state index < -0.39 is 0 Å². The summed E-state index contributed by atoms with van der Waals surface area (Å²) in [7, 11) is 0. The third-order valence-corrected chi connectivity index (χ3v) is 7.04. The Kier molecular flexibility index (Phi) is 7.18. The van der Waals surface area contributed by atoms with Crippen LogP contribution in [0.1, 0.15) is 26.5 Å². The molecule has 2 amide bonds. The van der Waals surface area contributed by atoms with Crippen molar-refractivity contribution < 1.29 is 18.7 Å². The van der Waals surface area contributed by atoms with Crippen molar-refractivity contribution in [1.82, 2.24) is 4.90 Å². The van der Waals surface area contributed by atoms with Crippen molar-refractivity contribution in [3.8, 4) is 5.75 Å². The highest BCUT2D eigenvalue weighted by molar-refractivity contribution is 6.04. The van der Waals surface area contributed by atoms with E-state index in [-0.39, 0.29) is 11.8 Å². The maximum atomic E-state index is 13.0. The molecule has 200 valence electrons. The van der Waals surface area contributed by atoms with Crippen molar-refractivity contribution in [2.45, 2.75) is 6.61 Å². The van der Waals surface area contributed by atoms with Gasteiger partial charge in [-0.1, -0.05) is 54.6 Å². The van der Waals surface area contributed by atoms with Crippen LogP contribution in [0.5, 0.6) is 5.75 Å². The molecule has 1 N–H and O–H groups in total. The molecule has 0 saturated carbocycles. The average molecular weight is 532 g/mol. The minimum Gasteiger partial charge on any atom is -0.489 e. The Balaban J connectivity index is 1.02. The predicted octanol–water partition coefficient (Wildman–Crippen LogP) is 6.23. The quantitative estimate of drug-likeness (QED) is 0.270. The van der Waals surface area contributed by atoms with Gasteiger partial charge in [-0.05, 0) is 60.2 Å². The Bertz CT molecular complexity index is 1590. The molecule has 0 atom stereocenters. The number of piperazine rings is 1. The zero-order valence-electron chi connectivity index (χ0n) is 22.0. The van der Waals surface area contributed by atoms with Crippen molar-refractivity contribution in [2.75, 3.05) is 36.4 Å². The van der Waals surface area contributed by atoms with Gasteiger partial charge in [-0.25, -0.2) is 0 Å². The van der Waals surface area contributed by atoms with Gasteiger partial charge in [0.2, 0.25) is 0 Å². The van der Waals surface area contributed by atoms with Crippen LogP contribution in [0, 0.1) is 0 Å². The van der Waals surface area contributed by atoms with Crippen LogP contribution < -0.4 is 15.0 Å². The van der Waals surface area contributed by atoms with E-state index >= 15 is 0 Å². The summed E-state index contributed by atoms with van der Waals surface area (Å²) in [5.74, 6) is 0.743. The van der Waals surface area contributed by atoms with Crippen LogP contribution in [0.15, 0.2) is 114 Å². The first-order chi connectivity index (χ1) is 19.6. The van der Waals surface area contributed by atoms with Gasteiger partial charge in [0.15, 0.2) is 5.76 Å². The largest absolute Gasteiger partial charge is 0.489 e. The van der Waals surface area contributed by atoms with Gasteiger partial charge in [0.1, 0.15) is 17.9 Å². The zero-order valence-corrected chi connectivity index (χ0v) is 22.0. The highest BCUT2D eigenvalue weighted by Gasteiger charge is 2.24. The molecule has 1 fully saturated rings. The SMILES string of the molecule is O=C(Nc1ccc(N2CCN(C(=O)c3cc4ccccc4o3)CC2)cc1)c1cccc(OCc2ccccc2)c1. The average Bonchev–Trinajstić information content (AvgIpc) is 3.45. The molecule has 40 heavy (non-hydrogen) atoms. The van der Waals surface area contributed by atoms with Crippen LogP contribution in [-0.4, -0.2) is 42.9 Å². The minimum atomic E-state index is -0.198. The lowest BCUT2D eigenvalue weighted by atomic mass is 10.2. The van der Waals surface area contributed by atoms with E-state index in [0.29, 0.717) is 55.5 Å². The van der Waals surface area contributed by atoms with Crippen molar-refractivity contribution in [1.29, 1.82) is 0 Å². The second kappa shape index (κ2) is 11.4. The Labute approximate surface area is 232 Å². The normalized spacial score (nSPS) is 13.3. The fourth-order valence-corrected chi connectivity index (χ4v) is 4.84. The number of ether oxygens (including phenoxy) is 1. The molecule has 7 heteroatoms. The predicted molar refractivity (Wildman–Crippen MR) is 156 cm³/mol. The summed E-state index contributed by atoms with van der Waals surface area (Å²) in [5.41, 5.74) is 4.07. The molecule has 7 nitrogen and oxygen atoms in total. The molecule has 5 aromatic rings. The maximum absolute atomic E-state index is 13.0. The number of benzene rings is 4. The molecular weight excluding hydrogens is 502 g/mol. The number of anilines is 2. The van der Waals surface area contributed by atoms with Crippen molar-refractivity contribution in [2.24, 2.45) is 0 Å². The monoisotopic (exact) mass is 531 g/mol. The number of hydrogen-bond donors (Lipinski definition) is 1. The number of nitrogens with one attached hydrogen (secondary N) is 1. The summed E-state index contributed by atoms with van der Waals surface area (Å²) < 4.78 is 11.6. The van der Waals surface area contributed by atoms with E-state index in [1.807, 2.05) is 102 Å². The number of para-hydroxylation sites is 1. The third kappa shape index (κ3) is 5.68. The second-order valence-corrected chi connectivity index (χ2v) is 9.73. The highest BCUT2D eigenvalue weighted by Crippen LogP contribution is 2.24. The minimum absolute atomic E-state index is 0.0801. The summed E-state index contributed by atoms with van der Waals surface area (Å²) in [5, 5.41) is 3.90. The number of carbonyl (C=O) groups is 2. The number of carbonyl (C=O) groups excluding carboxylic acids is 2. The van der Waals surface area contributed by atoms with Gasteiger partial charge in [-0.15, -0.1) is 0 Å². The van der Waals surface area contributed by atoms with Gasteiger partial charge >= 0.3 is 0 Å². The first-order valence-corrected chi connectivity index (χ1v) is 13.3. The Morgan fingerprint density at radius 2 is 1.52 bits per heavy atom. The molecule has 6 rings (SSSR count). The molecule has 1 aliphatic rings. The summed E-state index contributed by atoms with van der Waals surface area (Å²) in [6.45, 7) is 3.09. The van der Waals surface area contributed by atoms with E-state index in [2.05, 4.69) is 10.2 Å². The zero-order chi connectivity index (χ0) is 27.3. The van der Waals surface area contributed by atoms with E-state index in [1.165, 1.54) is 0 Å². The molecule has 1 aliphatic heterocycles. The first kappa shape index (κ1) is 25.2. The summed E-state index contributed by atoms with van der Waals surface area (Å²) in [6, 6.07) is 34.3. The molecule has 0 unspecified atom stereocenters. The van der Waals surface area contributed by atoms with Gasteiger partial charge < -0.3 is 24.3 Å². The van der Waals surface area contributed by atoms with E-state index in [9.17, 15) is 9.59 Å². The van der Waals surface area contributed by atoms with Crippen LogP contribution >= 0.6 is 0 Å². The van der Waals surface area contributed by atoms with E-state index in [1.54, 1.807) is 12.1 Å². The van der Waals surface area contributed by atoms with Crippen LogP contribution in [-0.2, 0) is 6.61 Å². The number of hydrogen-bond acceptors (Lipinski definition) is 5.